The predicted octanol–water partition coefficient (Wildman–Crippen LogP) is 6.87. The van der Waals surface area contributed by atoms with Crippen LogP contribution in [0.3, 0.4) is 0 Å². The lowest BCUT2D eigenvalue weighted by Crippen LogP contribution is -1.99. The monoisotopic (exact) mass is 382 g/mol. The summed E-state index contributed by atoms with van der Waals surface area (Å²) < 4.78 is 12.0. The fourth-order valence-corrected chi connectivity index (χ4v) is 4.09. The molecule has 0 amide bonds. The average molecular weight is 383 g/mol. The Bertz CT molecular complexity index is 842. The van der Waals surface area contributed by atoms with Crippen LogP contribution in [0.15, 0.2) is 49.6 Å². The van der Waals surface area contributed by atoms with Gasteiger partial charge in [0.15, 0.2) is 0 Å². The topological polar surface area (TPSA) is 18.5 Å². The summed E-state index contributed by atoms with van der Waals surface area (Å²) in [4.78, 5) is 4.70. The third-order valence-corrected chi connectivity index (χ3v) is 6.09. The third-order valence-electron chi connectivity index (χ3n) is 3.98. The average Bonchev–Trinajstić information content (AvgIpc) is 3.29. The molecule has 2 nitrogen and oxygen atoms in total. The van der Waals surface area contributed by atoms with Gasteiger partial charge in [0.2, 0.25) is 0 Å². The Morgan fingerprint density at radius 1 is 0.769 bits per heavy atom. The molecule has 3 rings (SSSR count). The first-order valence-corrected chi connectivity index (χ1v) is 10.0. The molecule has 0 bridgehead atoms. The van der Waals surface area contributed by atoms with Crippen molar-refractivity contribution in [1.82, 2.24) is 0 Å². The van der Waals surface area contributed by atoms with E-state index in [2.05, 4.69) is 49.6 Å². The maximum Gasteiger partial charge on any atom is 0.123 e. The second kappa shape index (κ2) is 8.39. The lowest BCUT2D eigenvalue weighted by molar-refractivity contribution is 0.297. The summed E-state index contributed by atoms with van der Waals surface area (Å²) >= 11 is 3.40. The Balaban J connectivity index is 1.65. The zero-order chi connectivity index (χ0) is 18.5. The van der Waals surface area contributed by atoms with Crippen molar-refractivity contribution in [3.05, 3.63) is 80.2 Å². The zero-order valence-corrected chi connectivity index (χ0v) is 16.7. The number of benzene rings is 1. The Kier molecular flexibility index (Phi) is 5.96. The smallest absolute Gasteiger partial charge is 0.123 e. The standard InChI is InChI=1S/C22H22O2S2/c1-5-17-7-9-19(25-17)13-23-21-11-16(4)22(12-15(21)3)24-14-20-10-8-18(6-2)26-20/h5-12H,1-2,13-14H2,3-4H3. The minimum Gasteiger partial charge on any atom is -0.488 e. The summed E-state index contributed by atoms with van der Waals surface area (Å²) in [6, 6.07) is 12.4. The SMILES string of the molecule is C=Cc1ccc(COc2cc(C)c(OCc3ccc(C=C)s3)cc2C)s1. The minimum absolute atomic E-state index is 0.568. The van der Waals surface area contributed by atoms with Gasteiger partial charge in [0.25, 0.3) is 0 Å². The fourth-order valence-electron chi connectivity index (χ4n) is 2.54. The first-order valence-electron chi connectivity index (χ1n) is 8.38. The molecule has 0 aliphatic heterocycles. The molecule has 0 fully saturated rings. The van der Waals surface area contributed by atoms with E-state index in [0.29, 0.717) is 13.2 Å². The summed E-state index contributed by atoms with van der Waals surface area (Å²) in [5.41, 5.74) is 2.15. The Labute approximate surface area is 163 Å². The molecular formula is C22H22O2S2. The highest BCUT2D eigenvalue weighted by Gasteiger charge is 2.09. The van der Waals surface area contributed by atoms with Gasteiger partial charge in [0, 0.05) is 19.5 Å². The largest absolute Gasteiger partial charge is 0.488 e. The summed E-state index contributed by atoms with van der Waals surface area (Å²) in [5, 5.41) is 0. The van der Waals surface area contributed by atoms with Gasteiger partial charge in [-0.3, -0.25) is 0 Å². The van der Waals surface area contributed by atoms with Crippen LogP contribution in [0.1, 0.15) is 30.6 Å². The van der Waals surface area contributed by atoms with Gasteiger partial charge < -0.3 is 9.47 Å². The van der Waals surface area contributed by atoms with Crippen molar-refractivity contribution in [3.63, 3.8) is 0 Å². The molecular weight excluding hydrogens is 360 g/mol. The van der Waals surface area contributed by atoms with E-state index in [4.69, 9.17) is 9.47 Å². The molecule has 0 N–H and O–H groups in total. The number of hydrogen-bond acceptors (Lipinski definition) is 4. The molecule has 3 aromatic rings. The molecule has 2 heterocycles. The van der Waals surface area contributed by atoms with Crippen molar-refractivity contribution in [1.29, 1.82) is 0 Å². The van der Waals surface area contributed by atoms with Gasteiger partial charge >= 0.3 is 0 Å². The second-order valence-corrected chi connectivity index (χ2v) is 8.38. The van der Waals surface area contributed by atoms with Crippen molar-refractivity contribution in [3.8, 4) is 11.5 Å². The predicted molar refractivity (Wildman–Crippen MR) is 113 cm³/mol. The second-order valence-electron chi connectivity index (χ2n) is 5.98. The van der Waals surface area contributed by atoms with Crippen molar-refractivity contribution >= 4 is 34.8 Å². The van der Waals surface area contributed by atoms with Crippen LogP contribution in [-0.4, -0.2) is 0 Å². The van der Waals surface area contributed by atoms with Crippen molar-refractivity contribution in [2.75, 3.05) is 0 Å². The van der Waals surface area contributed by atoms with E-state index >= 15 is 0 Å². The lowest BCUT2D eigenvalue weighted by atomic mass is 10.1. The maximum atomic E-state index is 6.01. The molecule has 4 heteroatoms. The van der Waals surface area contributed by atoms with Gasteiger partial charge in [0.05, 0.1) is 0 Å². The highest BCUT2D eigenvalue weighted by molar-refractivity contribution is 7.13. The molecule has 0 radical (unpaired) electrons. The summed E-state index contributed by atoms with van der Waals surface area (Å²) in [6.07, 6.45) is 3.72. The zero-order valence-electron chi connectivity index (χ0n) is 15.1. The van der Waals surface area contributed by atoms with Crippen LogP contribution in [0.5, 0.6) is 11.5 Å². The van der Waals surface area contributed by atoms with Crippen molar-refractivity contribution < 1.29 is 9.47 Å². The van der Waals surface area contributed by atoms with E-state index in [1.807, 2.05) is 26.0 Å². The molecule has 0 spiro atoms. The Morgan fingerprint density at radius 3 is 1.54 bits per heavy atom. The van der Waals surface area contributed by atoms with Crippen LogP contribution in [0, 0.1) is 13.8 Å². The van der Waals surface area contributed by atoms with Crippen LogP contribution in [0.2, 0.25) is 0 Å². The molecule has 0 aliphatic carbocycles. The molecule has 0 unspecified atom stereocenters. The summed E-state index contributed by atoms with van der Waals surface area (Å²) in [6.45, 7) is 12.8. The van der Waals surface area contributed by atoms with Crippen LogP contribution >= 0.6 is 22.7 Å². The first kappa shape index (κ1) is 18.5. The number of ether oxygens (including phenoxy) is 2. The van der Waals surface area contributed by atoms with E-state index in [1.165, 1.54) is 9.75 Å². The molecule has 134 valence electrons. The van der Waals surface area contributed by atoms with Crippen molar-refractivity contribution in [2.45, 2.75) is 27.1 Å². The minimum atomic E-state index is 0.568. The van der Waals surface area contributed by atoms with Crippen LogP contribution in [-0.2, 0) is 13.2 Å². The van der Waals surface area contributed by atoms with E-state index in [1.54, 1.807) is 22.7 Å². The first-order chi connectivity index (χ1) is 12.6. The fraction of sp³-hybridized carbons (Fsp3) is 0.182. The Hall–Kier alpha value is -2.30. The van der Waals surface area contributed by atoms with E-state index < -0.39 is 0 Å². The van der Waals surface area contributed by atoms with Crippen LogP contribution in [0.25, 0.3) is 12.2 Å². The highest BCUT2D eigenvalue weighted by atomic mass is 32.1. The highest BCUT2D eigenvalue weighted by Crippen LogP contribution is 2.30. The van der Waals surface area contributed by atoms with E-state index in [9.17, 15) is 0 Å². The molecule has 0 saturated heterocycles. The van der Waals surface area contributed by atoms with Crippen molar-refractivity contribution in [2.24, 2.45) is 0 Å². The van der Waals surface area contributed by atoms with Gasteiger partial charge in [0.1, 0.15) is 24.7 Å². The normalized spacial score (nSPS) is 10.5. The maximum absolute atomic E-state index is 6.01. The molecule has 2 aromatic heterocycles. The Morgan fingerprint density at radius 2 is 1.19 bits per heavy atom. The van der Waals surface area contributed by atoms with Gasteiger partial charge in [-0.1, -0.05) is 25.3 Å². The van der Waals surface area contributed by atoms with E-state index in [0.717, 1.165) is 32.4 Å². The molecule has 0 aliphatic rings. The van der Waals surface area contributed by atoms with Crippen LogP contribution < -0.4 is 9.47 Å². The van der Waals surface area contributed by atoms with Gasteiger partial charge in [-0.05, 0) is 61.4 Å². The molecule has 26 heavy (non-hydrogen) atoms. The van der Waals surface area contributed by atoms with E-state index in [-0.39, 0.29) is 0 Å². The summed E-state index contributed by atoms with van der Waals surface area (Å²) in [7, 11) is 0. The number of rotatable bonds is 8. The van der Waals surface area contributed by atoms with Gasteiger partial charge in [-0.15, -0.1) is 22.7 Å². The lowest BCUT2D eigenvalue weighted by Gasteiger charge is -2.14. The van der Waals surface area contributed by atoms with Crippen LogP contribution in [0.4, 0.5) is 0 Å². The number of thiophene rings is 2. The molecule has 0 atom stereocenters. The summed E-state index contributed by atoms with van der Waals surface area (Å²) in [5.74, 6) is 1.79. The molecule has 1 aromatic carbocycles. The quantitative estimate of drug-likeness (QED) is 0.423. The number of aryl methyl sites for hydroxylation is 2. The van der Waals surface area contributed by atoms with Gasteiger partial charge in [-0.25, -0.2) is 0 Å². The van der Waals surface area contributed by atoms with Gasteiger partial charge in [-0.2, -0.15) is 0 Å². The third kappa shape index (κ3) is 4.45. The number of hydrogen-bond donors (Lipinski definition) is 0. The molecule has 0 saturated carbocycles.